The quantitative estimate of drug-likeness (QED) is 0.686. The largest absolute Gasteiger partial charge is 0.435 e. The van der Waals surface area contributed by atoms with Gasteiger partial charge in [0.15, 0.2) is 5.69 Å². The molecule has 0 atom stereocenters. The highest BCUT2D eigenvalue weighted by Gasteiger charge is 2.41. The van der Waals surface area contributed by atoms with E-state index in [1.807, 2.05) is 30.2 Å². The Kier molecular flexibility index (Phi) is 5.36. The van der Waals surface area contributed by atoms with Crippen LogP contribution in [0.25, 0.3) is 0 Å². The Balaban J connectivity index is 1.80. The average molecular weight is 406 g/mol. The normalized spacial score (nSPS) is 18.2. The Labute approximate surface area is 170 Å². The molecule has 0 spiro atoms. The van der Waals surface area contributed by atoms with E-state index in [9.17, 15) is 13.2 Å². The zero-order valence-corrected chi connectivity index (χ0v) is 17.4. The van der Waals surface area contributed by atoms with Crippen molar-refractivity contribution in [3.05, 3.63) is 40.2 Å². The van der Waals surface area contributed by atoms with E-state index in [1.54, 1.807) is 0 Å². The van der Waals surface area contributed by atoms with Gasteiger partial charge in [-0.2, -0.15) is 13.2 Å². The Bertz CT molecular complexity index is 871. The maximum Gasteiger partial charge on any atom is 0.435 e. The summed E-state index contributed by atoms with van der Waals surface area (Å²) < 4.78 is 43.6. The molecule has 3 heterocycles. The summed E-state index contributed by atoms with van der Waals surface area (Å²) in [5.41, 5.74) is 3.90. The standard InChI is InChI=1S/C22H29F3N4/c1-15-12-16(2)19(17(3)13-15)29-11-7-10-28-18(14-27-8-5-4-6-9-27)20(22(23,24)25)26-21(28)29/h12-13H,4-11,14H2,1-3H3. The number of rotatable bonds is 3. The Morgan fingerprint density at radius 3 is 2.17 bits per heavy atom. The minimum absolute atomic E-state index is 0.321. The SMILES string of the molecule is Cc1cc(C)c(N2CCCn3c2nc(C(F)(F)F)c3CN2CCCCC2)c(C)c1. The highest BCUT2D eigenvalue weighted by atomic mass is 19.4. The zero-order valence-electron chi connectivity index (χ0n) is 17.4. The number of aromatic nitrogens is 2. The third kappa shape index (κ3) is 3.89. The Morgan fingerprint density at radius 2 is 1.55 bits per heavy atom. The van der Waals surface area contributed by atoms with E-state index in [1.165, 1.54) is 0 Å². The fourth-order valence-corrected chi connectivity index (χ4v) is 4.93. The van der Waals surface area contributed by atoms with Gasteiger partial charge >= 0.3 is 6.18 Å². The lowest BCUT2D eigenvalue weighted by Gasteiger charge is -2.33. The van der Waals surface area contributed by atoms with E-state index in [-0.39, 0.29) is 0 Å². The van der Waals surface area contributed by atoms with Crippen LogP contribution < -0.4 is 4.90 Å². The van der Waals surface area contributed by atoms with Crippen LogP contribution in [0.4, 0.5) is 24.8 Å². The van der Waals surface area contributed by atoms with E-state index in [0.29, 0.717) is 31.3 Å². The van der Waals surface area contributed by atoms with Gasteiger partial charge in [-0.15, -0.1) is 0 Å². The molecule has 0 N–H and O–H groups in total. The van der Waals surface area contributed by atoms with Crippen molar-refractivity contribution in [1.82, 2.24) is 14.5 Å². The van der Waals surface area contributed by atoms with Crippen molar-refractivity contribution in [2.75, 3.05) is 24.5 Å². The second kappa shape index (κ2) is 7.67. The van der Waals surface area contributed by atoms with Crippen molar-refractivity contribution < 1.29 is 13.2 Å². The molecule has 1 aromatic heterocycles. The first kappa shape index (κ1) is 20.3. The van der Waals surface area contributed by atoms with Crippen molar-refractivity contribution in [2.45, 2.75) is 65.7 Å². The second-order valence-corrected chi connectivity index (χ2v) is 8.45. The number of piperidine rings is 1. The maximum atomic E-state index is 13.9. The van der Waals surface area contributed by atoms with E-state index >= 15 is 0 Å². The van der Waals surface area contributed by atoms with Crippen molar-refractivity contribution in [3.63, 3.8) is 0 Å². The number of hydrogen-bond acceptors (Lipinski definition) is 3. The summed E-state index contributed by atoms with van der Waals surface area (Å²) in [6.07, 6.45) is -0.377. The molecule has 1 aromatic carbocycles. The number of alkyl halides is 3. The van der Waals surface area contributed by atoms with E-state index < -0.39 is 11.9 Å². The highest BCUT2D eigenvalue weighted by molar-refractivity contribution is 5.68. The summed E-state index contributed by atoms with van der Waals surface area (Å²) in [5.74, 6) is 0.436. The van der Waals surface area contributed by atoms with Crippen LogP contribution in [0.2, 0.25) is 0 Å². The summed E-state index contributed by atoms with van der Waals surface area (Å²) in [5, 5.41) is 0. The number of imidazole rings is 1. The lowest BCUT2D eigenvalue weighted by molar-refractivity contribution is -0.141. The minimum atomic E-state index is -4.45. The smallest absolute Gasteiger partial charge is 0.312 e. The molecule has 0 aliphatic carbocycles. The van der Waals surface area contributed by atoms with Crippen molar-refractivity contribution in [1.29, 1.82) is 0 Å². The van der Waals surface area contributed by atoms with Crippen LogP contribution in [0.1, 0.15) is 53.8 Å². The Morgan fingerprint density at radius 1 is 0.897 bits per heavy atom. The van der Waals surface area contributed by atoms with Gasteiger partial charge in [0.25, 0.3) is 0 Å². The van der Waals surface area contributed by atoms with E-state index in [2.05, 4.69) is 22.0 Å². The van der Waals surface area contributed by atoms with Gasteiger partial charge in [0.1, 0.15) is 0 Å². The van der Waals surface area contributed by atoms with Crippen molar-refractivity contribution in [3.8, 4) is 0 Å². The van der Waals surface area contributed by atoms with Crippen LogP contribution in [0, 0.1) is 20.8 Å². The number of likely N-dealkylation sites (tertiary alicyclic amines) is 1. The number of nitrogens with zero attached hydrogens (tertiary/aromatic N) is 4. The molecule has 158 valence electrons. The highest BCUT2D eigenvalue weighted by Crippen LogP contribution is 2.40. The summed E-state index contributed by atoms with van der Waals surface area (Å²) >= 11 is 0. The number of fused-ring (bicyclic) bond motifs is 1. The summed E-state index contributed by atoms with van der Waals surface area (Å²) in [6, 6.07) is 4.17. The van der Waals surface area contributed by atoms with Gasteiger partial charge in [-0.05, 0) is 64.3 Å². The fourth-order valence-electron chi connectivity index (χ4n) is 4.93. The number of benzene rings is 1. The molecule has 7 heteroatoms. The average Bonchev–Trinajstić information content (AvgIpc) is 3.01. The molecule has 0 radical (unpaired) electrons. The van der Waals surface area contributed by atoms with Crippen LogP contribution >= 0.6 is 0 Å². The van der Waals surface area contributed by atoms with Crippen LogP contribution in [0.3, 0.4) is 0 Å². The van der Waals surface area contributed by atoms with Gasteiger partial charge < -0.3 is 9.47 Å². The first-order chi connectivity index (χ1) is 13.8. The van der Waals surface area contributed by atoms with Gasteiger partial charge in [0.05, 0.1) is 5.69 Å². The van der Waals surface area contributed by atoms with Gasteiger partial charge in [-0.25, -0.2) is 4.98 Å². The van der Waals surface area contributed by atoms with Crippen LogP contribution in [0.15, 0.2) is 12.1 Å². The molecule has 4 rings (SSSR count). The number of hydrogen-bond donors (Lipinski definition) is 0. The first-order valence-corrected chi connectivity index (χ1v) is 10.5. The molecule has 0 amide bonds. The third-order valence-corrected chi connectivity index (χ3v) is 6.05. The summed E-state index contributed by atoms with van der Waals surface area (Å²) in [4.78, 5) is 8.32. The topological polar surface area (TPSA) is 24.3 Å². The summed E-state index contributed by atoms with van der Waals surface area (Å²) in [6.45, 7) is 9.40. The Hall–Kier alpha value is -2.02. The van der Waals surface area contributed by atoms with Crippen molar-refractivity contribution in [2.24, 2.45) is 0 Å². The van der Waals surface area contributed by atoms with Crippen LogP contribution in [-0.2, 0) is 19.3 Å². The molecule has 1 fully saturated rings. The van der Waals surface area contributed by atoms with Gasteiger partial charge in [-0.3, -0.25) is 4.90 Å². The monoisotopic (exact) mass is 406 g/mol. The van der Waals surface area contributed by atoms with Gasteiger partial charge in [0, 0.05) is 25.3 Å². The molecule has 0 saturated carbocycles. The lowest BCUT2D eigenvalue weighted by atomic mass is 10.0. The van der Waals surface area contributed by atoms with Gasteiger partial charge in [-0.1, -0.05) is 24.1 Å². The molecule has 0 unspecified atom stereocenters. The summed E-state index contributed by atoms with van der Waals surface area (Å²) in [7, 11) is 0. The lowest BCUT2D eigenvalue weighted by Crippen LogP contribution is -2.33. The third-order valence-electron chi connectivity index (χ3n) is 6.05. The van der Waals surface area contributed by atoms with Crippen LogP contribution in [-0.4, -0.2) is 34.1 Å². The molecule has 1 saturated heterocycles. The number of anilines is 2. The molecular weight excluding hydrogens is 377 g/mol. The zero-order chi connectivity index (χ0) is 20.8. The van der Waals surface area contributed by atoms with E-state index in [0.717, 1.165) is 61.2 Å². The van der Waals surface area contributed by atoms with Crippen molar-refractivity contribution >= 4 is 11.6 Å². The molecule has 4 nitrogen and oxygen atoms in total. The molecule has 2 aliphatic rings. The second-order valence-electron chi connectivity index (χ2n) is 8.45. The predicted molar refractivity (Wildman–Crippen MR) is 109 cm³/mol. The molecular formula is C22H29F3N4. The molecule has 2 aromatic rings. The van der Waals surface area contributed by atoms with Crippen LogP contribution in [0.5, 0.6) is 0 Å². The molecule has 29 heavy (non-hydrogen) atoms. The molecule has 0 bridgehead atoms. The molecule has 2 aliphatic heterocycles. The maximum absolute atomic E-state index is 13.9. The number of aryl methyl sites for hydroxylation is 3. The minimum Gasteiger partial charge on any atom is -0.312 e. The van der Waals surface area contributed by atoms with Gasteiger partial charge in [0.2, 0.25) is 5.95 Å². The fraction of sp³-hybridized carbons (Fsp3) is 0.591. The number of halogens is 3. The predicted octanol–water partition coefficient (Wildman–Crippen LogP) is 5.35. The first-order valence-electron chi connectivity index (χ1n) is 10.5. The van der Waals surface area contributed by atoms with E-state index in [4.69, 9.17) is 0 Å².